The van der Waals surface area contributed by atoms with Crippen LogP contribution in [0.1, 0.15) is 17.0 Å². The van der Waals surface area contributed by atoms with Crippen molar-refractivity contribution in [1.29, 1.82) is 0 Å². The molecule has 2 fully saturated rings. The number of carbonyl (C=O) groups is 2. The monoisotopic (exact) mass is 424 g/mol. The van der Waals surface area contributed by atoms with Crippen LogP contribution < -0.4 is 4.74 Å². The van der Waals surface area contributed by atoms with Crippen molar-refractivity contribution >= 4 is 11.9 Å². The maximum absolute atomic E-state index is 13.8. The molecule has 3 amide bonds. The van der Waals surface area contributed by atoms with Crippen molar-refractivity contribution in [3.8, 4) is 5.75 Å². The third-order valence-electron chi connectivity index (χ3n) is 6.03. The van der Waals surface area contributed by atoms with Gasteiger partial charge in [0.25, 0.3) is 5.91 Å². The highest BCUT2D eigenvalue weighted by Gasteiger charge is 2.58. The molecule has 8 nitrogen and oxygen atoms in total. The topological polar surface area (TPSA) is 75.2 Å². The van der Waals surface area contributed by atoms with E-state index in [1.54, 1.807) is 38.5 Å². The van der Waals surface area contributed by atoms with Crippen LogP contribution in [0.5, 0.6) is 5.75 Å². The summed E-state index contributed by atoms with van der Waals surface area (Å²) >= 11 is 0. The largest absolute Gasteiger partial charge is 0.497 e. The van der Waals surface area contributed by atoms with Gasteiger partial charge in [0.2, 0.25) is 0 Å². The van der Waals surface area contributed by atoms with Crippen LogP contribution in [0, 0.1) is 0 Å². The average Bonchev–Trinajstić information content (AvgIpc) is 3.17. The molecule has 2 atom stereocenters. The zero-order valence-corrected chi connectivity index (χ0v) is 18.2. The first-order valence-corrected chi connectivity index (χ1v) is 10.4. The van der Waals surface area contributed by atoms with Gasteiger partial charge in [-0.15, -0.1) is 0 Å². The minimum absolute atomic E-state index is 0.0857. The van der Waals surface area contributed by atoms with E-state index < -0.39 is 5.60 Å². The maximum Gasteiger partial charge on any atom is 0.319 e. The van der Waals surface area contributed by atoms with E-state index >= 15 is 0 Å². The van der Waals surface area contributed by atoms with E-state index in [-0.39, 0.29) is 24.4 Å². The normalized spacial score (nSPS) is 23.3. The van der Waals surface area contributed by atoms with Crippen molar-refractivity contribution in [1.82, 2.24) is 19.7 Å². The third kappa shape index (κ3) is 3.95. The van der Waals surface area contributed by atoms with Gasteiger partial charge in [0.05, 0.1) is 20.3 Å². The van der Waals surface area contributed by atoms with E-state index in [2.05, 4.69) is 4.98 Å². The highest BCUT2D eigenvalue weighted by Crippen LogP contribution is 2.42. The molecule has 0 N–H and O–H groups in total. The highest BCUT2D eigenvalue weighted by atomic mass is 16.5. The van der Waals surface area contributed by atoms with Gasteiger partial charge in [-0.25, -0.2) is 4.79 Å². The maximum atomic E-state index is 13.8. The lowest BCUT2D eigenvalue weighted by Crippen LogP contribution is -2.60. The van der Waals surface area contributed by atoms with E-state index in [0.29, 0.717) is 26.2 Å². The molecule has 31 heavy (non-hydrogen) atoms. The lowest BCUT2D eigenvalue weighted by Gasteiger charge is -2.42. The summed E-state index contributed by atoms with van der Waals surface area (Å²) in [6, 6.07) is 11.4. The fourth-order valence-corrected chi connectivity index (χ4v) is 4.45. The van der Waals surface area contributed by atoms with Crippen molar-refractivity contribution in [3.05, 3.63) is 59.9 Å². The second-order valence-electron chi connectivity index (χ2n) is 8.21. The number of ether oxygens (including phenoxy) is 2. The molecular formula is C23H28N4O4. The van der Waals surface area contributed by atoms with Crippen LogP contribution >= 0.6 is 0 Å². The Bertz CT molecular complexity index is 934. The molecule has 1 aromatic heterocycles. The van der Waals surface area contributed by atoms with Gasteiger partial charge < -0.3 is 24.2 Å². The zero-order chi connectivity index (χ0) is 22.0. The molecule has 1 aromatic carbocycles. The number of benzene rings is 1. The quantitative estimate of drug-likeness (QED) is 0.750. The summed E-state index contributed by atoms with van der Waals surface area (Å²) in [4.78, 5) is 35.8. The number of likely N-dealkylation sites (tertiary alicyclic amines) is 1. The molecule has 2 aliphatic heterocycles. The van der Waals surface area contributed by atoms with Gasteiger partial charge in [-0.3, -0.25) is 9.78 Å². The Morgan fingerprint density at radius 2 is 2.06 bits per heavy atom. The first-order valence-electron chi connectivity index (χ1n) is 10.4. The summed E-state index contributed by atoms with van der Waals surface area (Å²) in [7, 11) is 5.06. The fraction of sp³-hybridized carbons (Fsp3) is 0.435. The van der Waals surface area contributed by atoms with Crippen LogP contribution in [0.25, 0.3) is 0 Å². The van der Waals surface area contributed by atoms with Gasteiger partial charge >= 0.3 is 6.03 Å². The number of hydrogen-bond donors (Lipinski definition) is 0. The Hall–Kier alpha value is -3.13. The standard InChI is InChI=1S/C23H28N4O4/c1-25(2)22(29)27-15-20(18-5-4-10-24-13-18)23(16-27)21(28)26(11-12-31-23)14-17-6-8-19(30-3)9-7-17/h4-10,13,20H,11-12,14-16H2,1-3H3/t20-,23-/m1/s1. The molecular weight excluding hydrogens is 396 g/mol. The Labute approximate surface area is 182 Å². The lowest BCUT2D eigenvalue weighted by atomic mass is 9.83. The van der Waals surface area contributed by atoms with Crippen LogP contribution in [0.2, 0.25) is 0 Å². The van der Waals surface area contributed by atoms with Gasteiger partial charge in [-0.2, -0.15) is 0 Å². The molecule has 2 aromatic rings. The van der Waals surface area contributed by atoms with E-state index in [1.807, 2.05) is 41.3 Å². The van der Waals surface area contributed by atoms with Crippen LogP contribution in [0.15, 0.2) is 48.8 Å². The van der Waals surface area contributed by atoms with Crippen molar-refractivity contribution < 1.29 is 19.1 Å². The predicted molar refractivity (Wildman–Crippen MR) is 115 cm³/mol. The van der Waals surface area contributed by atoms with Crippen molar-refractivity contribution in [2.24, 2.45) is 0 Å². The SMILES string of the molecule is COc1ccc(CN2CCO[C@@]3(CN(C(=O)N(C)C)C[C@@H]3c3cccnc3)C2=O)cc1. The number of hydrogen-bond acceptors (Lipinski definition) is 5. The molecule has 0 bridgehead atoms. The first-order chi connectivity index (χ1) is 14.9. The summed E-state index contributed by atoms with van der Waals surface area (Å²) in [6.45, 7) is 2.04. The number of carbonyl (C=O) groups excluding carboxylic acids is 2. The molecule has 4 rings (SSSR count). The number of amides is 3. The van der Waals surface area contributed by atoms with Gasteiger partial charge in [0, 0.05) is 52.0 Å². The van der Waals surface area contributed by atoms with Gasteiger partial charge in [0.1, 0.15) is 5.75 Å². The molecule has 0 radical (unpaired) electrons. The number of morpholine rings is 1. The summed E-state index contributed by atoms with van der Waals surface area (Å²) < 4.78 is 11.4. The molecule has 0 saturated carbocycles. The number of aromatic nitrogens is 1. The van der Waals surface area contributed by atoms with E-state index in [0.717, 1.165) is 16.9 Å². The highest BCUT2D eigenvalue weighted by molar-refractivity contribution is 5.89. The number of urea groups is 1. The van der Waals surface area contributed by atoms with Crippen LogP contribution in [-0.4, -0.2) is 84.7 Å². The minimum atomic E-state index is -1.11. The summed E-state index contributed by atoms with van der Waals surface area (Å²) in [5.74, 6) is 0.410. The number of rotatable bonds is 4. The van der Waals surface area contributed by atoms with Crippen molar-refractivity contribution in [2.75, 3.05) is 47.4 Å². The molecule has 3 heterocycles. The molecule has 0 aliphatic carbocycles. The van der Waals surface area contributed by atoms with Crippen molar-refractivity contribution in [2.45, 2.75) is 18.1 Å². The number of pyridine rings is 1. The van der Waals surface area contributed by atoms with Crippen LogP contribution in [0.3, 0.4) is 0 Å². The smallest absolute Gasteiger partial charge is 0.319 e. The fourth-order valence-electron chi connectivity index (χ4n) is 4.45. The Morgan fingerprint density at radius 3 is 2.71 bits per heavy atom. The molecule has 2 saturated heterocycles. The Balaban J connectivity index is 1.64. The predicted octanol–water partition coefficient (Wildman–Crippen LogP) is 1.97. The lowest BCUT2D eigenvalue weighted by molar-refractivity contribution is -0.172. The molecule has 0 unspecified atom stereocenters. The van der Waals surface area contributed by atoms with E-state index in [4.69, 9.17) is 9.47 Å². The van der Waals surface area contributed by atoms with Gasteiger partial charge in [-0.05, 0) is 29.3 Å². The summed E-state index contributed by atoms with van der Waals surface area (Å²) in [6.07, 6.45) is 3.46. The van der Waals surface area contributed by atoms with E-state index in [9.17, 15) is 9.59 Å². The molecule has 164 valence electrons. The minimum Gasteiger partial charge on any atom is -0.497 e. The van der Waals surface area contributed by atoms with E-state index in [1.165, 1.54) is 4.90 Å². The third-order valence-corrected chi connectivity index (χ3v) is 6.03. The second-order valence-corrected chi connectivity index (χ2v) is 8.21. The summed E-state index contributed by atoms with van der Waals surface area (Å²) in [5, 5.41) is 0. The van der Waals surface area contributed by atoms with Crippen LogP contribution in [-0.2, 0) is 16.1 Å². The zero-order valence-electron chi connectivity index (χ0n) is 18.2. The van der Waals surface area contributed by atoms with Gasteiger partial charge in [-0.1, -0.05) is 18.2 Å². The Kier molecular flexibility index (Phi) is 5.82. The van der Waals surface area contributed by atoms with Crippen LogP contribution in [0.4, 0.5) is 4.79 Å². The number of methoxy groups -OCH3 is 1. The average molecular weight is 425 g/mol. The molecule has 8 heteroatoms. The second kappa shape index (κ2) is 8.55. The Morgan fingerprint density at radius 1 is 1.29 bits per heavy atom. The van der Waals surface area contributed by atoms with Crippen molar-refractivity contribution in [3.63, 3.8) is 0 Å². The number of nitrogens with zero attached hydrogens (tertiary/aromatic N) is 4. The first kappa shape index (κ1) is 21.1. The molecule has 2 aliphatic rings. The van der Waals surface area contributed by atoms with Gasteiger partial charge in [0.15, 0.2) is 5.60 Å². The summed E-state index contributed by atoms with van der Waals surface area (Å²) in [5.41, 5.74) is 0.805. The molecule has 1 spiro atoms.